The van der Waals surface area contributed by atoms with E-state index in [0.29, 0.717) is 12.5 Å². The smallest absolute Gasteiger partial charge is 0.0641 e. The fraction of sp³-hybridized carbons (Fsp3) is 0.833. The lowest BCUT2D eigenvalue weighted by Gasteiger charge is -2.45. The van der Waals surface area contributed by atoms with E-state index in [1.807, 2.05) is 0 Å². The van der Waals surface area contributed by atoms with Gasteiger partial charge in [0.1, 0.15) is 0 Å². The third kappa shape index (κ3) is 1.61. The van der Waals surface area contributed by atoms with E-state index in [9.17, 15) is 5.11 Å². The van der Waals surface area contributed by atoms with Crippen molar-refractivity contribution in [3.05, 3.63) is 11.6 Å². The van der Waals surface area contributed by atoms with Crippen LogP contribution in [0.3, 0.4) is 0 Å². The van der Waals surface area contributed by atoms with Crippen molar-refractivity contribution in [3.63, 3.8) is 0 Å². The highest BCUT2D eigenvalue weighted by Crippen LogP contribution is 2.49. The van der Waals surface area contributed by atoms with E-state index in [-0.39, 0.29) is 12.0 Å². The molecule has 0 aromatic rings. The Morgan fingerprint density at radius 1 is 1.36 bits per heavy atom. The minimum Gasteiger partial charge on any atom is -0.396 e. The predicted molar refractivity (Wildman–Crippen MR) is 55.9 cm³/mol. The van der Waals surface area contributed by atoms with Crippen molar-refractivity contribution in [1.82, 2.24) is 0 Å². The molecule has 2 rings (SSSR count). The first kappa shape index (κ1) is 10.2. The first-order chi connectivity index (χ1) is 6.80. The minimum absolute atomic E-state index is 0.164. The Hall–Kier alpha value is -0.340. The summed E-state index contributed by atoms with van der Waals surface area (Å²) in [5.74, 6) is 0.619. The van der Waals surface area contributed by atoms with Crippen molar-refractivity contribution < 1.29 is 10.2 Å². The van der Waals surface area contributed by atoms with Gasteiger partial charge in [0, 0.05) is 12.0 Å². The highest BCUT2D eigenvalue weighted by Gasteiger charge is 2.41. The molecule has 2 aliphatic carbocycles. The molecule has 2 unspecified atom stereocenters. The topological polar surface area (TPSA) is 40.5 Å². The van der Waals surface area contributed by atoms with Crippen molar-refractivity contribution in [1.29, 1.82) is 0 Å². The summed E-state index contributed by atoms with van der Waals surface area (Å²) in [5.41, 5.74) is 1.35. The summed E-state index contributed by atoms with van der Waals surface area (Å²) in [7, 11) is 0. The Bertz CT molecular complexity index is 234. The molecule has 0 heterocycles. The van der Waals surface area contributed by atoms with Gasteiger partial charge in [-0.25, -0.2) is 0 Å². The molecule has 2 N–H and O–H groups in total. The molecule has 0 amide bonds. The second kappa shape index (κ2) is 4.03. The van der Waals surface area contributed by atoms with E-state index >= 15 is 0 Å². The van der Waals surface area contributed by atoms with Gasteiger partial charge < -0.3 is 10.2 Å². The summed E-state index contributed by atoms with van der Waals surface area (Å²) in [6.07, 6.45) is 9.10. The van der Waals surface area contributed by atoms with Gasteiger partial charge in [0.25, 0.3) is 0 Å². The van der Waals surface area contributed by atoms with Crippen molar-refractivity contribution >= 4 is 0 Å². The van der Waals surface area contributed by atoms with Crippen LogP contribution in [0.5, 0.6) is 0 Å². The fourth-order valence-electron chi connectivity index (χ4n) is 3.11. The molecule has 2 atom stereocenters. The summed E-state index contributed by atoms with van der Waals surface area (Å²) >= 11 is 0. The number of hydrogen-bond donors (Lipinski definition) is 2. The second-order valence-electron chi connectivity index (χ2n) is 4.89. The van der Waals surface area contributed by atoms with Crippen LogP contribution < -0.4 is 0 Å². The van der Waals surface area contributed by atoms with Crippen LogP contribution in [0, 0.1) is 11.3 Å². The van der Waals surface area contributed by atoms with Gasteiger partial charge in [0.15, 0.2) is 0 Å². The number of aliphatic hydroxyl groups is 2. The van der Waals surface area contributed by atoms with E-state index in [2.05, 4.69) is 6.08 Å². The van der Waals surface area contributed by atoms with Crippen LogP contribution in [0.2, 0.25) is 0 Å². The van der Waals surface area contributed by atoms with Gasteiger partial charge in [-0.1, -0.05) is 18.9 Å². The van der Waals surface area contributed by atoms with E-state index in [1.54, 1.807) is 0 Å². The lowest BCUT2D eigenvalue weighted by atomic mass is 9.60. The van der Waals surface area contributed by atoms with E-state index in [0.717, 1.165) is 12.8 Å². The average molecular weight is 196 g/mol. The normalized spacial score (nSPS) is 37.6. The van der Waals surface area contributed by atoms with E-state index < -0.39 is 0 Å². The summed E-state index contributed by atoms with van der Waals surface area (Å²) < 4.78 is 0. The van der Waals surface area contributed by atoms with Crippen LogP contribution in [0.1, 0.15) is 38.5 Å². The van der Waals surface area contributed by atoms with Gasteiger partial charge in [-0.3, -0.25) is 0 Å². The molecular formula is C12H20O2. The lowest BCUT2D eigenvalue weighted by Crippen LogP contribution is -2.39. The zero-order valence-corrected chi connectivity index (χ0v) is 8.71. The van der Waals surface area contributed by atoms with Crippen LogP contribution in [0.4, 0.5) is 0 Å². The summed E-state index contributed by atoms with van der Waals surface area (Å²) in [5, 5.41) is 18.7. The Morgan fingerprint density at radius 3 is 2.93 bits per heavy atom. The molecule has 2 nitrogen and oxygen atoms in total. The number of allylic oxidation sites excluding steroid dienone is 1. The molecule has 0 aromatic heterocycles. The number of rotatable bonds is 2. The quantitative estimate of drug-likeness (QED) is 0.662. The zero-order chi connectivity index (χ0) is 10.0. The molecule has 0 bridgehead atoms. The van der Waals surface area contributed by atoms with Crippen LogP contribution in [0.25, 0.3) is 0 Å². The van der Waals surface area contributed by atoms with Gasteiger partial charge in [-0.15, -0.1) is 0 Å². The zero-order valence-electron chi connectivity index (χ0n) is 8.71. The first-order valence-electron chi connectivity index (χ1n) is 5.70. The average Bonchev–Trinajstić information content (AvgIpc) is 2.28. The highest BCUT2D eigenvalue weighted by atomic mass is 16.3. The number of aliphatic hydroxyl groups excluding tert-OH is 2. The maximum atomic E-state index is 9.54. The maximum absolute atomic E-state index is 9.54. The van der Waals surface area contributed by atoms with Gasteiger partial charge in [-0.2, -0.15) is 0 Å². The second-order valence-corrected chi connectivity index (χ2v) is 4.89. The SMILES string of the molecule is OCC1=CCC2(CO)CCCCC2C1. The summed E-state index contributed by atoms with van der Waals surface area (Å²) in [6.45, 7) is 0.533. The Balaban J connectivity index is 2.16. The molecule has 0 aromatic carbocycles. The number of fused-ring (bicyclic) bond motifs is 1. The molecular weight excluding hydrogens is 176 g/mol. The Morgan fingerprint density at radius 2 is 2.21 bits per heavy atom. The van der Waals surface area contributed by atoms with Crippen molar-refractivity contribution in [3.8, 4) is 0 Å². The van der Waals surface area contributed by atoms with Gasteiger partial charge in [-0.05, 0) is 37.2 Å². The molecule has 0 spiro atoms. The fourth-order valence-corrected chi connectivity index (χ4v) is 3.11. The molecule has 0 radical (unpaired) electrons. The Labute approximate surface area is 85.6 Å². The largest absolute Gasteiger partial charge is 0.396 e. The van der Waals surface area contributed by atoms with Crippen LogP contribution >= 0.6 is 0 Å². The first-order valence-corrected chi connectivity index (χ1v) is 5.70. The molecule has 0 saturated heterocycles. The molecule has 80 valence electrons. The standard InChI is InChI=1S/C12H20O2/c13-8-10-4-6-12(9-14)5-2-1-3-11(12)7-10/h4,11,13-14H,1-3,5-9H2. The monoisotopic (exact) mass is 196 g/mol. The predicted octanol–water partition coefficient (Wildman–Crippen LogP) is 1.87. The van der Waals surface area contributed by atoms with Gasteiger partial charge in [0.2, 0.25) is 0 Å². The van der Waals surface area contributed by atoms with E-state index in [1.165, 1.54) is 31.3 Å². The van der Waals surface area contributed by atoms with Crippen LogP contribution in [-0.2, 0) is 0 Å². The summed E-state index contributed by atoms with van der Waals surface area (Å²) in [6, 6.07) is 0. The van der Waals surface area contributed by atoms with Crippen molar-refractivity contribution in [2.45, 2.75) is 38.5 Å². The molecule has 1 fully saturated rings. The lowest BCUT2D eigenvalue weighted by molar-refractivity contribution is 0.0178. The van der Waals surface area contributed by atoms with Gasteiger partial charge in [0.05, 0.1) is 6.61 Å². The third-order valence-corrected chi connectivity index (χ3v) is 4.17. The van der Waals surface area contributed by atoms with Crippen LogP contribution in [-0.4, -0.2) is 23.4 Å². The van der Waals surface area contributed by atoms with Crippen molar-refractivity contribution in [2.24, 2.45) is 11.3 Å². The molecule has 1 saturated carbocycles. The minimum atomic E-state index is 0.164. The molecule has 2 heteroatoms. The number of hydrogen-bond acceptors (Lipinski definition) is 2. The van der Waals surface area contributed by atoms with Crippen LogP contribution in [0.15, 0.2) is 11.6 Å². The molecule has 14 heavy (non-hydrogen) atoms. The third-order valence-electron chi connectivity index (χ3n) is 4.17. The highest BCUT2D eigenvalue weighted by molar-refractivity contribution is 5.13. The van der Waals surface area contributed by atoms with Crippen molar-refractivity contribution in [2.75, 3.05) is 13.2 Å². The Kier molecular flexibility index (Phi) is 2.93. The van der Waals surface area contributed by atoms with E-state index in [4.69, 9.17) is 5.11 Å². The van der Waals surface area contributed by atoms with Gasteiger partial charge >= 0.3 is 0 Å². The maximum Gasteiger partial charge on any atom is 0.0641 e. The summed E-state index contributed by atoms with van der Waals surface area (Å²) in [4.78, 5) is 0. The molecule has 0 aliphatic heterocycles. The molecule has 2 aliphatic rings.